The molecule has 3 aliphatic rings. The third-order valence-corrected chi connectivity index (χ3v) is 7.16. The lowest BCUT2D eigenvalue weighted by Gasteiger charge is -2.35. The van der Waals surface area contributed by atoms with Gasteiger partial charge in [-0.15, -0.1) is 0 Å². The number of ether oxygens (including phenoxy) is 4. The molecule has 0 aromatic rings. The maximum Gasteiger partial charge on any atom is 0.319 e. The molecule has 10 heteroatoms. The van der Waals surface area contributed by atoms with Crippen molar-refractivity contribution in [2.75, 3.05) is 0 Å². The first kappa shape index (κ1) is 23.7. The number of hydrogen-bond donors (Lipinski definition) is 2. The highest BCUT2D eigenvalue weighted by Gasteiger charge is 2.72. The number of carbonyl (C=O) groups is 3. The molecule has 3 fully saturated rings. The van der Waals surface area contributed by atoms with Crippen LogP contribution in [0.15, 0.2) is 0 Å². The average molecular weight is 540 g/mol. The zero-order chi connectivity index (χ0) is 22.6. The van der Waals surface area contributed by atoms with Gasteiger partial charge in [0, 0.05) is 6.42 Å². The Morgan fingerprint density at radius 1 is 1.17 bits per heavy atom. The van der Waals surface area contributed by atoms with Gasteiger partial charge in [-0.25, -0.2) is 0 Å². The van der Waals surface area contributed by atoms with Crippen molar-refractivity contribution < 1.29 is 43.5 Å². The van der Waals surface area contributed by atoms with Crippen molar-refractivity contribution in [3.8, 4) is 0 Å². The van der Waals surface area contributed by atoms with Crippen LogP contribution >= 0.6 is 22.6 Å². The predicted molar refractivity (Wildman–Crippen MR) is 111 cm³/mol. The number of hydrogen-bond acceptors (Lipinski definition) is 9. The Labute approximate surface area is 188 Å². The molecule has 3 saturated heterocycles. The summed E-state index contributed by atoms with van der Waals surface area (Å²) in [4.78, 5) is 37.8. The number of rotatable bonds is 8. The lowest BCUT2D eigenvalue weighted by molar-refractivity contribution is -0.179. The van der Waals surface area contributed by atoms with Gasteiger partial charge in [0.05, 0.1) is 11.2 Å². The Morgan fingerprint density at radius 2 is 1.80 bits per heavy atom. The van der Waals surface area contributed by atoms with Crippen molar-refractivity contribution in [3.05, 3.63) is 0 Å². The highest BCUT2D eigenvalue weighted by atomic mass is 127. The smallest absolute Gasteiger partial charge is 0.319 e. The second-order valence-corrected chi connectivity index (χ2v) is 10.9. The first-order chi connectivity index (χ1) is 13.7. The molecule has 0 aromatic carbocycles. The van der Waals surface area contributed by atoms with E-state index in [1.165, 1.54) is 13.8 Å². The summed E-state index contributed by atoms with van der Waals surface area (Å²) in [5, 5.41) is 20.6. The summed E-state index contributed by atoms with van der Waals surface area (Å²) in [5.41, 5.74) is -2.62. The Balaban J connectivity index is 1.80. The van der Waals surface area contributed by atoms with Gasteiger partial charge in [-0.3, -0.25) is 14.4 Å². The van der Waals surface area contributed by atoms with Gasteiger partial charge in [0.1, 0.15) is 34.1 Å². The number of fused-ring (bicyclic) bond motifs is 1. The van der Waals surface area contributed by atoms with Gasteiger partial charge < -0.3 is 29.2 Å². The molecule has 2 N–H and O–H groups in total. The maximum absolute atomic E-state index is 13.1. The first-order valence-electron chi connectivity index (χ1n) is 10.1. The van der Waals surface area contributed by atoms with Gasteiger partial charge in [0.2, 0.25) is 0 Å². The van der Waals surface area contributed by atoms with E-state index < -0.39 is 71.5 Å². The largest absolute Gasteiger partial charge is 0.459 e. The number of aliphatic hydroxyl groups is 2. The maximum atomic E-state index is 13.1. The quantitative estimate of drug-likeness (QED) is 0.200. The minimum Gasteiger partial charge on any atom is -0.459 e. The van der Waals surface area contributed by atoms with E-state index in [0.717, 1.165) is 0 Å². The molecule has 0 radical (unpaired) electrons. The van der Waals surface area contributed by atoms with Crippen LogP contribution in [0.25, 0.3) is 0 Å². The van der Waals surface area contributed by atoms with Crippen LogP contribution < -0.4 is 0 Å². The molecule has 30 heavy (non-hydrogen) atoms. The molecule has 0 amide bonds. The lowest BCUT2D eigenvalue weighted by atomic mass is 9.78. The molecule has 3 heterocycles. The Kier molecular flexibility index (Phi) is 6.45. The third kappa shape index (κ3) is 4.46. The summed E-state index contributed by atoms with van der Waals surface area (Å²) in [5.74, 6) is -3.64. The van der Waals surface area contributed by atoms with E-state index in [9.17, 15) is 24.6 Å². The standard InChI is InChI=1S/C20H29IO9/c1-6-8(21)16(22)29-14-12-10(11-13(28-12)15(14)30-18(11)24)17(23)27-9(20(4,5)26)7-19(2,3)25/h8-15,25-26H,6-7H2,1-5H3. The topological polar surface area (TPSA) is 129 Å². The minimum absolute atomic E-state index is 0.00687. The highest BCUT2D eigenvalue weighted by Crippen LogP contribution is 2.51. The Bertz CT molecular complexity index is 710. The molecule has 0 spiro atoms. The zero-order valence-corrected chi connectivity index (χ0v) is 19.8. The normalized spacial score (nSPS) is 34.5. The van der Waals surface area contributed by atoms with Gasteiger partial charge in [0.25, 0.3) is 0 Å². The molecule has 0 aliphatic carbocycles. The molecule has 0 saturated carbocycles. The molecule has 9 nitrogen and oxygen atoms in total. The third-order valence-electron chi connectivity index (χ3n) is 5.77. The van der Waals surface area contributed by atoms with Crippen LogP contribution in [0, 0.1) is 11.8 Å². The molecule has 8 atom stereocenters. The fraction of sp³-hybridized carbons (Fsp3) is 0.850. The van der Waals surface area contributed by atoms with E-state index >= 15 is 0 Å². The Morgan fingerprint density at radius 3 is 2.33 bits per heavy atom. The monoisotopic (exact) mass is 540 g/mol. The molecule has 2 bridgehead atoms. The average Bonchev–Trinajstić information content (AvgIpc) is 3.21. The predicted octanol–water partition coefficient (Wildman–Crippen LogP) is 0.894. The Hall–Kier alpha value is -0.980. The molecule has 0 aromatic heterocycles. The zero-order valence-electron chi connectivity index (χ0n) is 17.7. The van der Waals surface area contributed by atoms with Crippen molar-refractivity contribution in [2.45, 2.75) is 93.1 Å². The van der Waals surface area contributed by atoms with Crippen molar-refractivity contribution in [3.63, 3.8) is 0 Å². The first-order valence-corrected chi connectivity index (χ1v) is 11.3. The van der Waals surface area contributed by atoms with E-state index in [4.69, 9.17) is 18.9 Å². The molecule has 3 aliphatic heterocycles. The molecular formula is C20H29IO9. The van der Waals surface area contributed by atoms with Crippen molar-refractivity contribution in [2.24, 2.45) is 11.8 Å². The summed E-state index contributed by atoms with van der Waals surface area (Å²) in [6, 6.07) is 0. The summed E-state index contributed by atoms with van der Waals surface area (Å²) in [6.07, 6.45) is -3.61. The molecule has 3 rings (SSSR count). The second-order valence-electron chi connectivity index (χ2n) is 9.39. The van der Waals surface area contributed by atoms with Crippen LogP contribution in [-0.4, -0.2) is 73.8 Å². The van der Waals surface area contributed by atoms with Crippen LogP contribution in [0.1, 0.15) is 47.5 Å². The van der Waals surface area contributed by atoms with Crippen LogP contribution in [0.4, 0.5) is 0 Å². The fourth-order valence-electron chi connectivity index (χ4n) is 4.22. The summed E-state index contributed by atoms with van der Waals surface area (Å²) in [7, 11) is 0. The van der Waals surface area contributed by atoms with E-state index in [0.29, 0.717) is 6.42 Å². The van der Waals surface area contributed by atoms with Gasteiger partial charge in [0.15, 0.2) is 12.2 Å². The van der Waals surface area contributed by atoms with E-state index in [-0.39, 0.29) is 10.3 Å². The van der Waals surface area contributed by atoms with Gasteiger partial charge in [-0.2, -0.15) is 0 Å². The molecule has 8 unspecified atom stereocenters. The number of alkyl halides is 1. The number of halogens is 1. The second kappa shape index (κ2) is 8.18. The molecular weight excluding hydrogens is 511 g/mol. The van der Waals surface area contributed by atoms with Gasteiger partial charge in [-0.1, -0.05) is 29.5 Å². The summed E-state index contributed by atoms with van der Waals surface area (Å²) >= 11 is 1.97. The number of esters is 3. The van der Waals surface area contributed by atoms with E-state index in [2.05, 4.69) is 0 Å². The summed E-state index contributed by atoms with van der Waals surface area (Å²) in [6.45, 7) is 7.89. The fourth-order valence-corrected chi connectivity index (χ4v) is 4.37. The van der Waals surface area contributed by atoms with Crippen LogP contribution in [0.3, 0.4) is 0 Å². The van der Waals surface area contributed by atoms with Crippen molar-refractivity contribution >= 4 is 40.5 Å². The van der Waals surface area contributed by atoms with E-state index in [1.807, 2.05) is 29.5 Å². The SMILES string of the molecule is CCC(I)C(=O)OC1C2OC(=O)C3C2OC1C3C(=O)OC(CC(C)(C)O)C(C)(C)O. The van der Waals surface area contributed by atoms with Crippen LogP contribution in [-0.2, 0) is 33.3 Å². The van der Waals surface area contributed by atoms with Crippen LogP contribution in [0.2, 0.25) is 0 Å². The highest BCUT2D eigenvalue weighted by molar-refractivity contribution is 14.1. The molecule has 170 valence electrons. The van der Waals surface area contributed by atoms with E-state index in [1.54, 1.807) is 13.8 Å². The number of carbonyl (C=O) groups excluding carboxylic acids is 3. The van der Waals surface area contributed by atoms with Gasteiger partial charge in [-0.05, 0) is 34.1 Å². The lowest BCUT2D eigenvalue weighted by Crippen LogP contribution is -2.51. The van der Waals surface area contributed by atoms with Crippen molar-refractivity contribution in [1.82, 2.24) is 0 Å². The van der Waals surface area contributed by atoms with Crippen molar-refractivity contribution in [1.29, 1.82) is 0 Å². The summed E-state index contributed by atoms with van der Waals surface area (Å²) < 4.78 is 21.9. The van der Waals surface area contributed by atoms with Gasteiger partial charge >= 0.3 is 17.9 Å². The minimum atomic E-state index is -1.42. The van der Waals surface area contributed by atoms with Crippen LogP contribution in [0.5, 0.6) is 0 Å².